The van der Waals surface area contributed by atoms with Crippen molar-refractivity contribution < 1.29 is 64.6 Å². The Morgan fingerprint density at radius 3 is 1.32 bits per heavy atom. The molecule has 0 spiro atoms. The summed E-state index contributed by atoms with van der Waals surface area (Å²) in [5.41, 5.74) is 0. The Bertz CT molecular complexity index is 1570. The van der Waals surface area contributed by atoms with Gasteiger partial charge in [-0.1, -0.05) is 235 Å². The lowest BCUT2D eigenvalue weighted by Crippen LogP contribution is -2.65. The summed E-state index contributed by atoms with van der Waals surface area (Å²) in [5.74, 6) is -0.252. The smallest absolute Gasteiger partial charge is 0.220 e. The van der Waals surface area contributed by atoms with Crippen LogP contribution in [0.5, 0.6) is 0 Å². The van der Waals surface area contributed by atoms with Crippen LogP contribution in [0.15, 0.2) is 60.8 Å². The minimum atomic E-state index is -1.79. The number of hydrogen-bond donors (Lipinski definition) is 9. The van der Waals surface area contributed by atoms with Gasteiger partial charge in [0.05, 0.1) is 32.0 Å². The van der Waals surface area contributed by atoms with Crippen LogP contribution in [0.1, 0.15) is 258 Å². The van der Waals surface area contributed by atoms with Crippen molar-refractivity contribution in [3.05, 3.63) is 60.8 Å². The van der Waals surface area contributed by atoms with E-state index in [0.717, 1.165) is 51.4 Å². The first kappa shape index (κ1) is 73.8. The molecule has 12 unspecified atom stereocenters. The van der Waals surface area contributed by atoms with E-state index in [0.29, 0.717) is 12.8 Å². The Labute approximate surface area is 486 Å². The van der Waals surface area contributed by atoms with E-state index in [4.69, 9.17) is 18.9 Å². The van der Waals surface area contributed by atoms with E-state index in [-0.39, 0.29) is 18.9 Å². The molecule has 2 rings (SSSR count). The van der Waals surface area contributed by atoms with Gasteiger partial charge in [0.1, 0.15) is 48.8 Å². The van der Waals surface area contributed by atoms with Gasteiger partial charge in [-0.15, -0.1) is 0 Å². The van der Waals surface area contributed by atoms with Crippen molar-refractivity contribution in [1.29, 1.82) is 0 Å². The molecule has 0 aliphatic carbocycles. The maximum atomic E-state index is 13.3. The van der Waals surface area contributed by atoms with Gasteiger partial charge in [-0.2, -0.15) is 0 Å². The van der Waals surface area contributed by atoms with Crippen LogP contribution in [-0.4, -0.2) is 140 Å². The van der Waals surface area contributed by atoms with E-state index in [1.165, 1.54) is 173 Å². The zero-order valence-corrected chi connectivity index (χ0v) is 50.3. The summed E-state index contributed by atoms with van der Waals surface area (Å²) < 4.78 is 22.7. The zero-order chi connectivity index (χ0) is 58.1. The zero-order valence-electron chi connectivity index (χ0n) is 50.3. The number of ether oxygens (including phenoxy) is 4. The number of aliphatic hydroxyl groups is 8. The van der Waals surface area contributed by atoms with Crippen LogP contribution in [0.3, 0.4) is 0 Å². The number of carbonyl (C=O) groups is 1. The van der Waals surface area contributed by atoms with Crippen molar-refractivity contribution >= 4 is 5.91 Å². The number of allylic oxidation sites excluding steroid dienone is 9. The molecule has 80 heavy (non-hydrogen) atoms. The lowest BCUT2D eigenvalue weighted by atomic mass is 9.97. The average molecular weight is 1130 g/mol. The molecule has 14 nitrogen and oxygen atoms in total. The van der Waals surface area contributed by atoms with Gasteiger partial charge in [-0.25, -0.2) is 0 Å². The second kappa shape index (κ2) is 51.1. The Kier molecular flexibility index (Phi) is 47.2. The predicted molar refractivity (Wildman–Crippen MR) is 323 cm³/mol. The van der Waals surface area contributed by atoms with Crippen molar-refractivity contribution in [3.8, 4) is 0 Å². The number of amides is 1. The van der Waals surface area contributed by atoms with Crippen LogP contribution in [0.2, 0.25) is 0 Å². The van der Waals surface area contributed by atoms with Gasteiger partial charge in [-0.05, 0) is 77.0 Å². The fourth-order valence-corrected chi connectivity index (χ4v) is 10.4. The standard InChI is InChI=1S/C66H119NO13/c1-3-5-7-9-11-13-15-17-18-19-20-21-22-23-24-25-26-27-28-29-30-31-32-33-34-35-36-38-40-42-44-46-48-50-58(71)67-54(55(70)49-47-45-43-41-39-37-16-14-12-10-8-6-4-2)53-77-65-63(76)61(74)64(57(52-69)79-65)80-66-62(75)60(73)59(72)56(51-68)78-66/h12,14-15,17,19-20,39,41,47,49,54-57,59-66,68-70,72-76H,3-11,13,16,18,21-38,40,42-46,48,50-53H2,1-2H3,(H,67,71)/b14-12+,17-15-,20-19-,41-39+,49-47+. The molecule has 466 valence electrons. The highest BCUT2D eigenvalue weighted by Crippen LogP contribution is 2.30. The number of hydrogen-bond acceptors (Lipinski definition) is 13. The van der Waals surface area contributed by atoms with Gasteiger partial charge < -0.3 is 65.1 Å². The van der Waals surface area contributed by atoms with Crippen LogP contribution >= 0.6 is 0 Å². The van der Waals surface area contributed by atoms with Crippen LogP contribution < -0.4 is 5.32 Å². The van der Waals surface area contributed by atoms with Gasteiger partial charge in [0.15, 0.2) is 12.6 Å². The summed E-state index contributed by atoms with van der Waals surface area (Å²) in [6, 6.07) is -0.937. The molecule has 0 aromatic carbocycles. The summed E-state index contributed by atoms with van der Waals surface area (Å²) >= 11 is 0. The van der Waals surface area contributed by atoms with Gasteiger partial charge in [0, 0.05) is 6.42 Å². The summed E-state index contributed by atoms with van der Waals surface area (Å²) in [6.45, 7) is 2.73. The minimum absolute atomic E-state index is 0.252. The molecular weight excluding hydrogens is 1010 g/mol. The topological polar surface area (TPSA) is 228 Å². The lowest BCUT2D eigenvalue weighted by Gasteiger charge is -2.46. The maximum absolute atomic E-state index is 13.3. The first-order valence-corrected chi connectivity index (χ1v) is 32.5. The molecule has 2 heterocycles. The average Bonchev–Trinajstić information content (AvgIpc) is 3.49. The third kappa shape index (κ3) is 35.7. The van der Waals surface area contributed by atoms with E-state index in [1.807, 2.05) is 6.08 Å². The third-order valence-electron chi connectivity index (χ3n) is 15.7. The largest absolute Gasteiger partial charge is 0.394 e. The van der Waals surface area contributed by atoms with Gasteiger partial charge in [0.2, 0.25) is 5.91 Å². The number of unbranched alkanes of at least 4 members (excludes halogenated alkanes) is 31. The molecule has 0 bridgehead atoms. The molecule has 2 fully saturated rings. The van der Waals surface area contributed by atoms with Crippen LogP contribution in [0, 0.1) is 0 Å². The van der Waals surface area contributed by atoms with Crippen molar-refractivity contribution in [2.75, 3.05) is 19.8 Å². The normalized spacial score (nSPS) is 24.6. The molecular formula is C66H119NO13. The Morgan fingerprint density at radius 1 is 0.450 bits per heavy atom. The summed E-state index contributed by atoms with van der Waals surface area (Å²) in [7, 11) is 0. The van der Waals surface area contributed by atoms with Crippen LogP contribution in [-0.2, 0) is 23.7 Å². The quantitative estimate of drug-likeness (QED) is 0.0204. The Morgan fingerprint density at radius 2 is 0.838 bits per heavy atom. The van der Waals surface area contributed by atoms with Crippen molar-refractivity contribution in [2.45, 2.75) is 331 Å². The molecule has 2 aliphatic heterocycles. The summed E-state index contributed by atoms with van der Waals surface area (Å²) in [4.78, 5) is 13.3. The van der Waals surface area contributed by atoms with E-state index < -0.39 is 86.8 Å². The molecule has 0 saturated carbocycles. The van der Waals surface area contributed by atoms with E-state index >= 15 is 0 Å². The predicted octanol–water partition coefficient (Wildman–Crippen LogP) is 12.1. The van der Waals surface area contributed by atoms with Crippen molar-refractivity contribution in [3.63, 3.8) is 0 Å². The number of nitrogens with one attached hydrogen (secondary N) is 1. The van der Waals surface area contributed by atoms with Crippen LogP contribution in [0.25, 0.3) is 0 Å². The molecule has 1 amide bonds. The van der Waals surface area contributed by atoms with E-state index in [1.54, 1.807) is 6.08 Å². The Balaban J connectivity index is 1.63. The molecule has 9 N–H and O–H groups in total. The SMILES string of the molecule is CCCCC/C=C/CC/C=C/CC/C=C/C(O)C(COC1OC(CO)C(OC2OC(CO)C(O)C(O)C2O)C(O)C1O)NC(=O)CCCCCCCCCCCCCCCCCCCCCCC/C=C\C/C=C\CCCCCCC. The first-order valence-electron chi connectivity index (χ1n) is 32.5. The molecule has 0 radical (unpaired) electrons. The van der Waals surface area contributed by atoms with Crippen molar-refractivity contribution in [2.24, 2.45) is 0 Å². The van der Waals surface area contributed by atoms with Gasteiger partial charge >= 0.3 is 0 Å². The van der Waals surface area contributed by atoms with E-state index in [2.05, 4.69) is 67.8 Å². The van der Waals surface area contributed by atoms with Gasteiger partial charge in [0.25, 0.3) is 0 Å². The highest BCUT2D eigenvalue weighted by Gasteiger charge is 2.51. The number of carbonyl (C=O) groups excluding carboxylic acids is 1. The molecule has 14 heteroatoms. The van der Waals surface area contributed by atoms with Crippen LogP contribution in [0.4, 0.5) is 0 Å². The molecule has 0 aromatic heterocycles. The van der Waals surface area contributed by atoms with Gasteiger partial charge in [-0.3, -0.25) is 4.79 Å². The second-order valence-electron chi connectivity index (χ2n) is 22.9. The number of aliphatic hydroxyl groups excluding tert-OH is 8. The lowest BCUT2D eigenvalue weighted by molar-refractivity contribution is -0.359. The monoisotopic (exact) mass is 1130 g/mol. The molecule has 2 aliphatic rings. The highest BCUT2D eigenvalue weighted by atomic mass is 16.7. The molecule has 12 atom stereocenters. The Hall–Kier alpha value is -2.31. The first-order chi connectivity index (χ1) is 39.1. The maximum Gasteiger partial charge on any atom is 0.220 e. The second-order valence-corrected chi connectivity index (χ2v) is 22.9. The fourth-order valence-electron chi connectivity index (χ4n) is 10.4. The number of rotatable bonds is 52. The van der Waals surface area contributed by atoms with Crippen molar-refractivity contribution in [1.82, 2.24) is 5.32 Å². The third-order valence-corrected chi connectivity index (χ3v) is 15.7. The molecule has 0 aromatic rings. The minimum Gasteiger partial charge on any atom is -0.394 e. The summed E-state index contributed by atoms with van der Waals surface area (Å²) in [5, 5.41) is 87.0. The van der Waals surface area contributed by atoms with E-state index in [9.17, 15) is 45.6 Å². The summed E-state index contributed by atoms with van der Waals surface area (Å²) in [6.07, 6.45) is 50.1. The highest BCUT2D eigenvalue weighted by molar-refractivity contribution is 5.76. The molecule has 2 saturated heterocycles. The fraction of sp³-hybridized carbons (Fsp3) is 0.833.